The summed E-state index contributed by atoms with van der Waals surface area (Å²) in [6.07, 6.45) is 0.867. The van der Waals surface area contributed by atoms with Gasteiger partial charge in [-0.3, -0.25) is 4.57 Å². The van der Waals surface area contributed by atoms with E-state index in [-0.39, 0.29) is 5.69 Å². The lowest BCUT2D eigenvalue weighted by molar-refractivity contribution is 0.554. The fourth-order valence-corrected chi connectivity index (χ4v) is 2.85. The first-order chi connectivity index (χ1) is 10.2. The molecule has 0 bridgehead atoms. The SMILES string of the molecule is CCCn1c(SCc2nc3c(N)cccc3o2)n[nH]c1=O. The molecule has 110 valence electrons. The molecule has 0 amide bonds. The van der Waals surface area contributed by atoms with E-state index < -0.39 is 0 Å². The van der Waals surface area contributed by atoms with Gasteiger partial charge in [0, 0.05) is 6.54 Å². The Morgan fingerprint density at radius 1 is 1.48 bits per heavy atom. The summed E-state index contributed by atoms with van der Waals surface area (Å²) in [5, 5.41) is 7.11. The number of nitrogens with two attached hydrogens (primary N) is 1. The molecule has 3 N–H and O–H groups in total. The average Bonchev–Trinajstić information content (AvgIpc) is 3.03. The van der Waals surface area contributed by atoms with E-state index in [4.69, 9.17) is 10.2 Å². The quantitative estimate of drug-likeness (QED) is 0.552. The maximum Gasteiger partial charge on any atom is 0.343 e. The van der Waals surface area contributed by atoms with E-state index in [0.717, 1.165) is 6.42 Å². The van der Waals surface area contributed by atoms with E-state index in [2.05, 4.69) is 15.2 Å². The van der Waals surface area contributed by atoms with Crippen molar-refractivity contribution in [2.45, 2.75) is 30.8 Å². The highest BCUT2D eigenvalue weighted by Crippen LogP contribution is 2.25. The van der Waals surface area contributed by atoms with Gasteiger partial charge in [0.25, 0.3) is 0 Å². The number of hydrogen-bond donors (Lipinski definition) is 2. The molecule has 8 heteroatoms. The van der Waals surface area contributed by atoms with Gasteiger partial charge in [-0.15, -0.1) is 5.10 Å². The average molecular weight is 305 g/mol. The summed E-state index contributed by atoms with van der Waals surface area (Å²) in [4.78, 5) is 16.0. The molecule has 0 saturated heterocycles. The summed E-state index contributed by atoms with van der Waals surface area (Å²) in [6, 6.07) is 5.44. The van der Waals surface area contributed by atoms with Crippen molar-refractivity contribution in [3.63, 3.8) is 0 Å². The van der Waals surface area contributed by atoms with Crippen LogP contribution in [0.4, 0.5) is 5.69 Å². The first kappa shape index (κ1) is 13.7. The molecular formula is C13H15N5O2S. The Morgan fingerprint density at radius 2 is 2.33 bits per heavy atom. The zero-order valence-corrected chi connectivity index (χ0v) is 12.3. The first-order valence-corrected chi connectivity index (χ1v) is 7.59. The third kappa shape index (κ3) is 2.66. The summed E-state index contributed by atoms with van der Waals surface area (Å²) >= 11 is 1.41. The van der Waals surface area contributed by atoms with Crippen LogP contribution in [0.3, 0.4) is 0 Å². The summed E-state index contributed by atoms with van der Waals surface area (Å²) in [5.74, 6) is 1.05. The highest BCUT2D eigenvalue weighted by molar-refractivity contribution is 7.98. The summed E-state index contributed by atoms with van der Waals surface area (Å²) < 4.78 is 7.25. The van der Waals surface area contributed by atoms with E-state index in [0.29, 0.717) is 40.1 Å². The zero-order chi connectivity index (χ0) is 14.8. The van der Waals surface area contributed by atoms with Crippen LogP contribution in [0.1, 0.15) is 19.2 Å². The van der Waals surface area contributed by atoms with Gasteiger partial charge in [0.2, 0.25) is 5.89 Å². The van der Waals surface area contributed by atoms with Crippen LogP contribution in [0.5, 0.6) is 0 Å². The largest absolute Gasteiger partial charge is 0.440 e. The number of aromatic nitrogens is 4. The number of nitrogens with one attached hydrogen (secondary N) is 1. The van der Waals surface area contributed by atoms with Crippen molar-refractivity contribution in [3.05, 3.63) is 34.6 Å². The second-order valence-electron chi connectivity index (χ2n) is 4.55. The Labute approximate surface area is 124 Å². The molecule has 21 heavy (non-hydrogen) atoms. The molecule has 0 radical (unpaired) electrons. The van der Waals surface area contributed by atoms with Crippen molar-refractivity contribution in [3.8, 4) is 0 Å². The van der Waals surface area contributed by atoms with Crippen molar-refractivity contribution in [1.82, 2.24) is 19.7 Å². The van der Waals surface area contributed by atoms with Gasteiger partial charge >= 0.3 is 5.69 Å². The number of thioether (sulfide) groups is 1. The molecule has 3 rings (SSSR count). The third-order valence-electron chi connectivity index (χ3n) is 2.99. The predicted octanol–water partition coefficient (Wildman–Crippen LogP) is 2.00. The molecule has 0 aliphatic rings. The van der Waals surface area contributed by atoms with Crippen LogP contribution in [0, 0.1) is 0 Å². The van der Waals surface area contributed by atoms with Crippen molar-refractivity contribution < 1.29 is 4.42 Å². The van der Waals surface area contributed by atoms with Crippen LogP contribution in [0.2, 0.25) is 0 Å². The van der Waals surface area contributed by atoms with Gasteiger partial charge in [-0.2, -0.15) is 0 Å². The number of anilines is 1. The van der Waals surface area contributed by atoms with Crippen LogP contribution in [0.25, 0.3) is 11.1 Å². The lowest BCUT2D eigenvalue weighted by Crippen LogP contribution is -2.17. The molecule has 0 aliphatic heterocycles. The number of aromatic amines is 1. The monoisotopic (exact) mass is 305 g/mol. The number of hydrogen-bond acceptors (Lipinski definition) is 6. The number of nitrogen functional groups attached to an aromatic ring is 1. The molecule has 3 aromatic rings. The maximum atomic E-state index is 11.6. The normalized spacial score (nSPS) is 11.3. The second-order valence-corrected chi connectivity index (χ2v) is 5.50. The van der Waals surface area contributed by atoms with Crippen LogP contribution in [0.15, 0.2) is 32.6 Å². The van der Waals surface area contributed by atoms with Gasteiger partial charge < -0.3 is 10.2 Å². The van der Waals surface area contributed by atoms with E-state index in [1.54, 1.807) is 10.6 Å². The molecule has 0 fully saturated rings. The Hall–Kier alpha value is -2.22. The second kappa shape index (κ2) is 5.65. The van der Waals surface area contributed by atoms with E-state index in [1.807, 2.05) is 19.1 Å². The van der Waals surface area contributed by atoms with E-state index in [1.165, 1.54) is 11.8 Å². The predicted molar refractivity (Wildman–Crippen MR) is 81.1 cm³/mol. The first-order valence-electron chi connectivity index (χ1n) is 6.61. The number of oxazole rings is 1. The van der Waals surface area contributed by atoms with Gasteiger partial charge in [0.15, 0.2) is 10.7 Å². The number of fused-ring (bicyclic) bond motifs is 1. The van der Waals surface area contributed by atoms with Gasteiger partial charge in [-0.1, -0.05) is 24.8 Å². The molecule has 0 spiro atoms. The van der Waals surface area contributed by atoms with Crippen LogP contribution >= 0.6 is 11.8 Å². The molecule has 2 heterocycles. The van der Waals surface area contributed by atoms with E-state index in [9.17, 15) is 4.79 Å². The highest BCUT2D eigenvalue weighted by atomic mass is 32.2. The molecule has 0 aliphatic carbocycles. The van der Waals surface area contributed by atoms with Gasteiger partial charge in [0.05, 0.1) is 11.4 Å². The van der Waals surface area contributed by atoms with Gasteiger partial charge in [0.1, 0.15) is 5.52 Å². The standard InChI is InChI=1S/C13H15N5O2S/c1-2-6-18-12(19)16-17-13(18)21-7-10-15-11-8(14)4-3-5-9(11)20-10/h3-5H,2,6-7,14H2,1H3,(H,16,19). The fraction of sp³-hybridized carbons (Fsp3) is 0.308. The Morgan fingerprint density at radius 3 is 3.10 bits per heavy atom. The molecule has 0 atom stereocenters. The van der Waals surface area contributed by atoms with Gasteiger partial charge in [-0.25, -0.2) is 14.9 Å². The molecule has 2 aromatic heterocycles. The zero-order valence-electron chi connectivity index (χ0n) is 11.5. The van der Waals surface area contributed by atoms with E-state index >= 15 is 0 Å². The Balaban J connectivity index is 1.80. The minimum atomic E-state index is -0.193. The van der Waals surface area contributed by atoms with Crippen molar-refractivity contribution in [2.75, 3.05) is 5.73 Å². The molecule has 0 saturated carbocycles. The van der Waals surface area contributed by atoms with Crippen LogP contribution in [-0.2, 0) is 12.3 Å². The van der Waals surface area contributed by atoms with Crippen LogP contribution < -0.4 is 11.4 Å². The summed E-state index contributed by atoms with van der Waals surface area (Å²) in [6.45, 7) is 2.65. The topological polar surface area (TPSA) is 103 Å². The minimum Gasteiger partial charge on any atom is -0.440 e. The highest BCUT2D eigenvalue weighted by Gasteiger charge is 2.12. The number of para-hydroxylation sites is 1. The van der Waals surface area contributed by atoms with Crippen LogP contribution in [-0.4, -0.2) is 19.7 Å². The number of benzene rings is 1. The van der Waals surface area contributed by atoms with Crippen molar-refractivity contribution in [2.24, 2.45) is 0 Å². The Bertz CT molecular complexity index is 819. The molecular weight excluding hydrogens is 290 g/mol. The number of nitrogens with zero attached hydrogens (tertiary/aromatic N) is 3. The lowest BCUT2D eigenvalue weighted by Gasteiger charge is -2.01. The van der Waals surface area contributed by atoms with Crippen molar-refractivity contribution >= 4 is 28.5 Å². The number of H-pyrrole nitrogens is 1. The van der Waals surface area contributed by atoms with Crippen molar-refractivity contribution in [1.29, 1.82) is 0 Å². The minimum absolute atomic E-state index is 0.193. The Kier molecular flexibility index (Phi) is 3.70. The molecule has 0 unspecified atom stereocenters. The molecule has 7 nitrogen and oxygen atoms in total. The fourth-order valence-electron chi connectivity index (χ4n) is 2.04. The lowest BCUT2D eigenvalue weighted by atomic mass is 10.3. The smallest absolute Gasteiger partial charge is 0.343 e. The van der Waals surface area contributed by atoms with Gasteiger partial charge in [-0.05, 0) is 18.6 Å². The number of rotatable bonds is 5. The summed E-state index contributed by atoms with van der Waals surface area (Å²) in [5.41, 5.74) is 7.58. The third-order valence-corrected chi connectivity index (χ3v) is 3.95. The molecule has 1 aromatic carbocycles. The summed E-state index contributed by atoms with van der Waals surface area (Å²) in [7, 11) is 0. The maximum absolute atomic E-state index is 11.6.